The number of hydrogen-bond acceptors (Lipinski definition) is 3. The van der Waals surface area contributed by atoms with Gasteiger partial charge in [0.2, 0.25) is 10.0 Å². The molecule has 0 unspecified atom stereocenters. The molecule has 0 fully saturated rings. The average Bonchev–Trinajstić information content (AvgIpc) is 2.24. The zero-order chi connectivity index (χ0) is 12.0. The van der Waals surface area contributed by atoms with Crippen molar-refractivity contribution in [3.05, 3.63) is 35.9 Å². The first-order valence-electron chi connectivity index (χ1n) is 5.25. The molecule has 0 heterocycles. The molecule has 0 aliphatic rings. The molecule has 0 aliphatic heterocycles. The predicted octanol–water partition coefficient (Wildman–Crippen LogP) is 1.02. The number of sulfonamides is 1. The van der Waals surface area contributed by atoms with Gasteiger partial charge in [0.25, 0.3) is 0 Å². The second-order valence-electron chi connectivity index (χ2n) is 3.78. The van der Waals surface area contributed by atoms with E-state index in [0.717, 1.165) is 12.0 Å². The fraction of sp³-hybridized carbons (Fsp3) is 0.455. The molecule has 0 spiro atoms. The molecule has 0 radical (unpaired) electrons. The summed E-state index contributed by atoms with van der Waals surface area (Å²) in [6.45, 7) is 0.564. The molecule has 1 aromatic rings. The average molecular weight is 242 g/mol. The molecule has 4 nitrogen and oxygen atoms in total. The molecule has 1 aromatic carbocycles. The summed E-state index contributed by atoms with van der Waals surface area (Å²) in [6.07, 6.45) is 2.68. The van der Waals surface area contributed by atoms with E-state index in [1.807, 2.05) is 30.3 Å². The lowest BCUT2D eigenvalue weighted by Gasteiger charge is -2.17. The minimum atomic E-state index is -3.19. The van der Waals surface area contributed by atoms with Crippen LogP contribution in [0.25, 0.3) is 0 Å². The zero-order valence-corrected chi connectivity index (χ0v) is 10.2. The molecule has 1 rings (SSSR count). The largest absolute Gasteiger partial charge is 0.330 e. The van der Waals surface area contributed by atoms with Crippen molar-refractivity contribution in [3.63, 3.8) is 0 Å². The van der Waals surface area contributed by atoms with Gasteiger partial charge in [0.05, 0.1) is 6.26 Å². The molecule has 1 atom stereocenters. The highest BCUT2D eigenvalue weighted by atomic mass is 32.2. The Morgan fingerprint density at radius 1 is 1.31 bits per heavy atom. The van der Waals surface area contributed by atoms with Crippen LogP contribution in [0.1, 0.15) is 24.4 Å². The highest BCUT2D eigenvalue weighted by molar-refractivity contribution is 7.88. The summed E-state index contributed by atoms with van der Waals surface area (Å²) < 4.78 is 25.1. The van der Waals surface area contributed by atoms with Crippen molar-refractivity contribution < 1.29 is 8.42 Å². The van der Waals surface area contributed by atoms with Crippen molar-refractivity contribution in [1.29, 1.82) is 0 Å². The highest BCUT2D eigenvalue weighted by Crippen LogP contribution is 2.18. The predicted molar refractivity (Wildman–Crippen MR) is 65.5 cm³/mol. The molecule has 0 bridgehead atoms. The lowest BCUT2D eigenvalue weighted by molar-refractivity contribution is 0.534. The molecule has 0 aromatic heterocycles. The molecule has 0 aliphatic carbocycles. The second kappa shape index (κ2) is 5.98. The van der Waals surface area contributed by atoms with Gasteiger partial charge >= 0.3 is 0 Å². The molecule has 0 saturated carbocycles. The van der Waals surface area contributed by atoms with Gasteiger partial charge < -0.3 is 5.73 Å². The van der Waals surface area contributed by atoms with Crippen LogP contribution in [0.2, 0.25) is 0 Å². The van der Waals surface area contributed by atoms with E-state index in [1.165, 1.54) is 6.26 Å². The fourth-order valence-corrected chi connectivity index (χ4v) is 2.33. The van der Waals surface area contributed by atoms with Crippen LogP contribution in [0.4, 0.5) is 0 Å². The maximum Gasteiger partial charge on any atom is 0.209 e. The smallest absolute Gasteiger partial charge is 0.209 e. The SMILES string of the molecule is CS(=O)(=O)N[C@H](CCCN)c1ccccc1. The van der Waals surface area contributed by atoms with Gasteiger partial charge in [-0.15, -0.1) is 0 Å². The van der Waals surface area contributed by atoms with E-state index in [9.17, 15) is 8.42 Å². The summed E-state index contributed by atoms with van der Waals surface area (Å²) in [5, 5.41) is 0. The summed E-state index contributed by atoms with van der Waals surface area (Å²) in [5.74, 6) is 0. The number of nitrogens with two attached hydrogens (primary N) is 1. The Hall–Kier alpha value is -0.910. The summed E-state index contributed by atoms with van der Waals surface area (Å²) in [7, 11) is -3.19. The van der Waals surface area contributed by atoms with Crippen molar-refractivity contribution >= 4 is 10.0 Å². The normalized spacial score (nSPS) is 13.6. The minimum absolute atomic E-state index is 0.181. The lowest BCUT2D eigenvalue weighted by Crippen LogP contribution is -2.27. The van der Waals surface area contributed by atoms with Crippen molar-refractivity contribution in [1.82, 2.24) is 4.72 Å². The first-order chi connectivity index (χ1) is 7.53. The Bertz CT molecular complexity index is 403. The van der Waals surface area contributed by atoms with Gasteiger partial charge in [-0.1, -0.05) is 30.3 Å². The van der Waals surface area contributed by atoms with Gasteiger partial charge in [-0.3, -0.25) is 0 Å². The molecular weight excluding hydrogens is 224 g/mol. The third-order valence-corrected chi connectivity index (χ3v) is 2.97. The van der Waals surface area contributed by atoms with Crippen molar-refractivity contribution in [3.8, 4) is 0 Å². The zero-order valence-electron chi connectivity index (χ0n) is 9.39. The first kappa shape index (κ1) is 13.2. The van der Waals surface area contributed by atoms with Crippen molar-refractivity contribution in [2.75, 3.05) is 12.8 Å². The summed E-state index contributed by atoms with van der Waals surface area (Å²) in [6, 6.07) is 9.35. The van der Waals surface area contributed by atoms with E-state index in [4.69, 9.17) is 5.73 Å². The Kier molecular flexibility index (Phi) is 4.92. The molecule has 16 heavy (non-hydrogen) atoms. The van der Waals surface area contributed by atoms with Crippen LogP contribution in [0.5, 0.6) is 0 Å². The maximum absolute atomic E-state index is 11.2. The Balaban J connectivity index is 2.79. The quantitative estimate of drug-likeness (QED) is 0.782. The van der Waals surface area contributed by atoms with Crippen molar-refractivity contribution in [2.24, 2.45) is 5.73 Å². The third-order valence-electron chi connectivity index (χ3n) is 2.26. The third kappa shape index (κ3) is 4.74. The van der Waals surface area contributed by atoms with E-state index in [1.54, 1.807) is 0 Å². The van der Waals surface area contributed by atoms with Gasteiger partial charge in [0.15, 0.2) is 0 Å². The van der Waals surface area contributed by atoms with Crippen LogP contribution in [0.3, 0.4) is 0 Å². The molecule has 90 valence electrons. The van der Waals surface area contributed by atoms with E-state index >= 15 is 0 Å². The van der Waals surface area contributed by atoms with Crippen molar-refractivity contribution in [2.45, 2.75) is 18.9 Å². The minimum Gasteiger partial charge on any atom is -0.330 e. The van der Waals surface area contributed by atoms with E-state index < -0.39 is 10.0 Å². The van der Waals surface area contributed by atoms with Crippen LogP contribution in [-0.4, -0.2) is 21.2 Å². The Morgan fingerprint density at radius 3 is 2.44 bits per heavy atom. The maximum atomic E-state index is 11.2. The van der Waals surface area contributed by atoms with Crippen LogP contribution >= 0.6 is 0 Å². The van der Waals surface area contributed by atoms with Gasteiger partial charge in [-0.2, -0.15) is 0 Å². The fourth-order valence-electron chi connectivity index (χ4n) is 1.56. The standard InChI is InChI=1S/C11H18N2O2S/c1-16(14,15)13-11(8-5-9-12)10-6-3-2-4-7-10/h2-4,6-7,11,13H,5,8-9,12H2,1H3/t11-/m1/s1. The van der Waals surface area contributed by atoms with Gasteiger partial charge in [0, 0.05) is 6.04 Å². The topological polar surface area (TPSA) is 72.2 Å². The molecule has 5 heteroatoms. The number of rotatable bonds is 6. The van der Waals surface area contributed by atoms with Crippen LogP contribution in [-0.2, 0) is 10.0 Å². The summed E-state index contributed by atoms with van der Waals surface area (Å²) >= 11 is 0. The molecule has 3 N–H and O–H groups in total. The molecular formula is C11H18N2O2S. The highest BCUT2D eigenvalue weighted by Gasteiger charge is 2.14. The van der Waals surface area contributed by atoms with Gasteiger partial charge in [-0.25, -0.2) is 13.1 Å². The van der Waals surface area contributed by atoms with E-state index in [2.05, 4.69) is 4.72 Å². The van der Waals surface area contributed by atoms with Crippen LogP contribution < -0.4 is 10.5 Å². The molecule has 0 amide bonds. The Labute approximate surface area is 96.9 Å². The van der Waals surface area contributed by atoms with Gasteiger partial charge in [0.1, 0.15) is 0 Å². The second-order valence-corrected chi connectivity index (χ2v) is 5.56. The number of hydrogen-bond donors (Lipinski definition) is 2. The first-order valence-corrected chi connectivity index (χ1v) is 7.14. The van der Waals surface area contributed by atoms with Crippen LogP contribution in [0, 0.1) is 0 Å². The van der Waals surface area contributed by atoms with Gasteiger partial charge in [-0.05, 0) is 24.9 Å². The lowest BCUT2D eigenvalue weighted by atomic mass is 10.0. The summed E-state index contributed by atoms with van der Waals surface area (Å²) in [5.41, 5.74) is 6.41. The number of benzene rings is 1. The van der Waals surface area contributed by atoms with E-state index in [-0.39, 0.29) is 6.04 Å². The van der Waals surface area contributed by atoms with E-state index in [0.29, 0.717) is 13.0 Å². The summed E-state index contributed by atoms with van der Waals surface area (Å²) in [4.78, 5) is 0. The Morgan fingerprint density at radius 2 is 1.94 bits per heavy atom. The monoisotopic (exact) mass is 242 g/mol. The molecule has 0 saturated heterocycles. The number of nitrogens with one attached hydrogen (secondary N) is 1. The van der Waals surface area contributed by atoms with Crippen LogP contribution in [0.15, 0.2) is 30.3 Å².